The summed E-state index contributed by atoms with van der Waals surface area (Å²) >= 11 is 0. The van der Waals surface area contributed by atoms with Crippen molar-refractivity contribution in [2.45, 2.75) is 27.7 Å². The molecule has 0 fully saturated rings. The molecular weight excluding hydrogens is 582 g/mol. The van der Waals surface area contributed by atoms with Gasteiger partial charge in [-0.05, 0) is 69.1 Å². The van der Waals surface area contributed by atoms with Crippen LogP contribution in [0.3, 0.4) is 0 Å². The van der Waals surface area contributed by atoms with Gasteiger partial charge < -0.3 is 20.5 Å². The molecule has 0 radical (unpaired) electrons. The van der Waals surface area contributed by atoms with Gasteiger partial charge in [0.15, 0.2) is 5.82 Å². The Labute approximate surface area is 268 Å². The Hall–Kier alpha value is -5.09. The average Bonchev–Trinajstić information content (AvgIpc) is 3.61. The van der Waals surface area contributed by atoms with E-state index in [1.165, 1.54) is 18.2 Å². The van der Waals surface area contributed by atoms with E-state index in [2.05, 4.69) is 64.7 Å². The molecule has 0 unspecified atom stereocenters. The molecule has 10 heteroatoms. The van der Waals surface area contributed by atoms with E-state index in [9.17, 15) is 4.39 Å². The number of benzene rings is 2. The molecule has 0 aliphatic carbocycles. The van der Waals surface area contributed by atoms with Gasteiger partial charge in [0.25, 0.3) is 0 Å². The van der Waals surface area contributed by atoms with Crippen LogP contribution in [0.4, 0.5) is 14.5 Å². The molecule has 0 saturated carbocycles. The van der Waals surface area contributed by atoms with E-state index in [-0.39, 0.29) is 11.2 Å². The number of pyridine rings is 1. The summed E-state index contributed by atoms with van der Waals surface area (Å²) in [6.07, 6.45) is 7.03. The minimum atomic E-state index is -0.401. The number of hydrogen-bond donors (Lipinski definition) is 4. The Bertz CT molecular complexity index is 1990. The lowest BCUT2D eigenvalue weighted by Crippen LogP contribution is -2.22. The second-order valence-corrected chi connectivity index (χ2v) is 12.5. The second-order valence-electron chi connectivity index (χ2n) is 12.5. The maximum absolute atomic E-state index is 15.5. The fourth-order valence-corrected chi connectivity index (χ4v) is 4.94. The highest BCUT2D eigenvalue weighted by atomic mass is 19.1. The number of rotatable bonds is 11. The van der Waals surface area contributed by atoms with Gasteiger partial charge in [-0.1, -0.05) is 40.0 Å². The molecule has 0 amide bonds. The molecule has 4 N–H and O–H groups in total. The van der Waals surface area contributed by atoms with Crippen molar-refractivity contribution in [1.82, 2.24) is 35.4 Å². The van der Waals surface area contributed by atoms with Crippen molar-refractivity contribution in [2.24, 2.45) is 5.41 Å². The van der Waals surface area contributed by atoms with E-state index in [0.717, 1.165) is 12.2 Å². The maximum Gasteiger partial charge on any atom is 0.159 e. The van der Waals surface area contributed by atoms with Crippen LogP contribution in [0, 0.1) is 17.0 Å². The summed E-state index contributed by atoms with van der Waals surface area (Å²) in [6.45, 7) is 17.6. The minimum Gasteiger partial charge on any atom is -0.384 e. The predicted octanol–water partition coefficient (Wildman–Crippen LogP) is 8.04. The normalized spacial score (nSPS) is 12.7. The fourth-order valence-electron chi connectivity index (χ4n) is 4.94. The first-order chi connectivity index (χ1) is 21.9. The van der Waals surface area contributed by atoms with Gasteiger partial charge in [-0.15, -0.1) is 0 Å². The first-order valence-electron chi connectivity index (χ1n) is 15.1. The van der Waals surface area contributed by atoms with Gasteiger partial charge in [0, 0.05) is 64.4 Å². The van der Waals surface area contributed by atoms with Gasteiger partial charge in [0.05, 0.1) is 16.7 Å². The Morgan fingerprint density at radius 2 is 1.85 bits per heavy atom. The van der Waals surface area contributed by atoms with E-state index < -0.39 is 5.82 Å². The second kappa shape index (κ2) is 13.1. The Balaban J connectivity index is 1.54. The lowest BCUT2D eigenvalue weighted by Gasteiger charge is -2.24. The molecule has 0 atom stereocenters. The molecule has 46 heavy (non-hydrogen) atoms. The molecular formula is C36H40F2N8. The highest BCUT2D eigenvalue weighted by Crippen LogP contribution is 2.34. The first-order valence-corrected chi connectivity index (χ1v) is 15.1. The van der Waals surface area contributed by atoms with Crippen molar-refractivity contribution >= 4 is 33.2 Å². The van der Waals surface area contributed by atoms with Crippen molar-refractivity contribution in [3.8, 4) is 22.8 Å². The molecule has 5 aromatic rings. The number of fused-ring (bicyclic) bond motifs is 2. The summed E-state index contributed by atoms with van der Waals surface area (Å²) in [4.78, 5) is 14.8. The van der Waals surface area contributed by atoms with Crippen LogP contribution in [-0.4, -0.2) is 57.2 Å². The number of halogens is 2. The van der Waals surface area contributed by atoms with Crippen LogP contribution in [0.2, 0.25) is 0 Å². The molecule has 0 aliphatic rings. The topological polar surface area (TPSA) is 97.6 Å². The SMILES string of the molecule is C=C/C(=C\C(=C/C)c1cc2c(-c3nc4c(-c5cc(F)cc(NCCN(C)C)c5)nccc4[nH]3)n[nH]c2cc1F)NC(=C)C(C)(C)C. The van der Waals surface area contributed by atoms with Crippen molar-refractivity contribution < 1.29 is 8.78 Å². The number of H-pyrrole nitrogens is 2. The Morgan fingerprint density at radius 3 is 2.54 bits per heavy atom. The molecule has 0 saturated heterocycles. The third-order valence-electron chi connectivity index (χ3n) is 7.69. The molecule has 238 valence electrons. The number of likely N-dealkylation sites (N-methyl/N-ethyl adjacent to an activating group) is 1. The third kappa shape index (κ3) is 6.92. The number of hydrogen-bond acceptors (Lipinski definition) is 6. The number of imidazole rings is 1. The summed E-state index contributed by atoms with van der Waals surface area (Å²) in [5.74, 6) is -0.304. The highest BCUT2D eigenvalue weighted by molar-refractivity contribution is 5.97. The number of nitrogens with zero attached hydrogens (tertiary/aromatic N) is 4. The van der Waals surface area contributed by atoms with Crippen LogP contribution in [0.1, 0.15) is 33.3 Å². The predicted molar refractivity (Wildman–Crippen MR) is 185 cm³/mol. The van der Waals surface area contributed by atoms with Crippen molar-refractivity contribution in [1.29, 1.82) is 0 Å². The summed E-state index contributed by atoms with van der Waals surface area (Å²) in [7, 11) is 3.97. The zero-order chi connectivity index (χ0) is 33.2. The zero-order valence-electron chi connectivity index (χ0n) is 27.1. The summed E-state index contributed by atoms with van der Waals surface area (Å²) in [5, 5.41) is 14.7. The number of aromatic nitrogens is 5. The summed E-state index contributed by atoms with van der Waals surface area (Å²) < 4.78 is 30.2. The van der Waals surface area contributed by atoms with Gasteiger partial charge in [0.2, 0.25) is 0 Å². The van der Waals surface area contributed by atoms with Gasteiger partial charge in [-0.25, -0.2) is 13.8 Å². The molecule has 0 bridgehead atoms. The monoisotopic (exact) mass is 622 g/mol. The molecule has 2 aromatic carbocycles. The Kier molecular flexibility index (Phi) is 9.20. The highest BCUT2D eigenvalue weighted by Gasteiger charge is 2.20. The van der Waals surface area contributed by atoms with E-state index in [1.54, 1.807) is 18.3 Å². The quantitative estimate of drug-likeness (QED) is 0.111. The number of allylic oxidation sites excluding steroid dienone is 5. The molecule has 0 aliphatic heterocycles. The maximum atomic E-state index is 15.5. The molecule has 8 nitrogen and oxygen atoms in total. The zero-order valence-corrected chi connectivity index (χ0v) is 27.1. The van der Waals surface area contributed by atoms with Gasteiger partial charge in [-0.3, -0.25) is 10.1 Å². The Morgan fingerprint density at radius 1 is 1.07 bits per heavy atom. The van der Waals surface area contributed by atoms with Gasteiger partial charge in [-0.2, -0.15) is 5.10 Å². The van der Waals surface area contributed by atoms with Gasteiger partial charge in [0.1, 0.15) is 22.8 Å². The smallest absolute Gasteiger partial charge is 0.159 e. The van der Waals surface area contributed by atoms with Crippen LogP contribution in [0.5, 0.6) is 0 Å². The summed E-state index contributed by atoms with van der Waals surface area (Å²) in [5.41, 5.74) is 6.51. The van der Waals surface area contributed by atoms with Crippen molar-refractivity contribution in [3.63, 3.8) is 0 Å². The fraction of sp³-hybridized carbons (Fsp3) is 0.250. The van der Waals surface area contributed by atoms with Crippen LogP contribution < -0.4 is 10.6 Å². The first kappa shape index (κ1) is 32.3. The average molecular weight is 623 g/mol. The van der Waals surface area contributed by atoms with Crippen molar-refractivity contribution in [2.75, 3.05) is 32.5 Å². The van der Waals surface area contributed by atoms with E-state index in [1.807, 2.05) is 50.2 Å². The largest absolute Gasteiger partial charge is 0.384 e. The molecule has 5 rings (SSSR count). The van der Waals surface area contributed by atoms with Crippen LogP contribution in [0.25, 0.3) is 50.3 Å². The number of anilines is 1. The molecule has 0 spiro atoms. The van der Waals surface area contributed by atoms with Gasteiger partial charge >= 0.3 is 0 Å². The van der Waals surface area contributed by atoms with Crippen LogP contribution in [0.15, 0.2) is 85.4 Å². The minimum absolute atomic E-state index is 0.171. The van der Waals surface area contributed by atoms with Crippen LogP contribution >= 0.6 is 0 Å². The van der Waals surface area contributed by atoms with E-state index in [0.29, 0.717) is 73.8 Å². The number of aromatic amines is 2. The van der Waals surface area contributed by atoms with Crippen LogP contribution in [-0.2, 0) is 0 Å². The number of nitrogens with one attached hydrogen (secondary N) is 4. The standard InChI is InChI=1S/C36H40F2N8/c1-9-22(16-25(10-2)41-21(3)36(4,5)6)27-19-28-31(20-29(27)38)44-45-33(28)35-42-30-11-12-40-32(34(30)43-35)23-15-24(37)18-26(17-23)39-13-14-46(7)8/h9-12,15-20,39,41H,2-3,13-14H2,1,4-8H3,(H,42,43)(H,44,45)/b22-9+,25-16+. The van der Waals surface area contributed by atoms with E-state index >= 15 is 4.39 Å². The molecule has 3 aromatic heterocycles. The van der Waals surface area contributed by atoms with E-state index in [4.69, 9.17) is 4.98 Å². The molecule has 3 heterocycles. The lowest BCUT2D eigenvalue weighted by atomic mass is 9.92. The third-order valence-corrected chi connectivity index (χ3v) is 7.69. The summed E-state index contributed by atoms with van der Waals surface area (Å²) in [6, 6.07) is 9.78. The van der Waals surface area contributed by atoms with Crippen molar-refractivity contribution in [3.05, 3.63) is 103 Å². The lowest BCUT2D eigenvalue weighted by molar-refractivity contribution is 0.425.